The van der Waals surface area contributed by atoms with E-state index in [1.165, 1.54) is 0 Å². The molecule has 1 aromatic carbocycles. The number of nitrogens with zero attached hydrogens (tertiary/aromatic N) is 2. The topological polar surface area (TPSA) is 61.9 Å². The van der Waals surface area contributed by atoms with Gasteiger partial charge in [0.05, 0.1) is 13.2 Å². The molecule has 0 bridgehead atoms. The van der Waals surface area contributed by atoms with E-state index in [2.05, 4.69) is 5.32 Å². The van der Waals surface area contributed by atoms with Crippen LogP contribution in [-0.4, -0.2) is 49.7 Å². The van der Waals surface area contributed by atoms with Crippen LogP contribution in [0.5, 0.6) is 0 Å². The van der Waals surface area contributed by atoms with E-state index >= 15 is 0 Å². The highest BCUT2D eigenvalue weighted by atomic mass is 16.5. The molecule has 0 unspecified atom stereocenters. The van der Waals surface area contributed by atoms with Crippen molar-refractivity contribution in [1.82, 2.24) is 4.90 Å². The van der Waals surface area contributed by atoms with E-state index in [9.17, 15) is 9.59 Å². The lowest BCUT2D eigenvalue weighted by Gasteiger charge is -2.27. The highest BCUT2D eigenvalue weighted by molar-refractivity contribution is 5.96. The summed E-state index contributed by atoms with van der Waals surface area (Å²) in [6.07, 6.45) is 1.49. The van der Waals surface area contributed by atoms with Gasteiger partial charge in [-0.3, -0.25) is 4.79 Å². The van der Waals surface area contributed by atoms with Crippen molar-refractivity contribution in [3.05, 3.63) is 24.3 Å². The minimum atomic E-state index is -0.122. The minimum absolute atomic E-state index is 0.122. The van der Waals surface area contributed by atoms with Gasteiger partial charge in [0, 0.05) is 37.4 Å². The molecule has 3 amide bonds. The second kappa shape index (κ2) is 6.13. The van der Waals surface area contributed by atoms with E-state index in [0.717, 1.165) is 18.7 Å². The van der Waals surface area contributed by atoms with Gasteiger partial charge < -0.3 is 19.9 Å². The fraction of sp³-hybridized carbons (Fsp3) is 0.467. The summed E-state index contributed by atoms with van der Waals surface area (Å²) >= 11 is 0. The van der Waals surface area contributed by atoms with Crippen LogP contribution in [0.2, 0.25) is 0 Å². The van der Waals surface area contributed by atoms with E-state index < -0.39 is 0 Å². The van der Waals surface area contributed by atoms with Crippen LogP contribution < -0.4 is 10.2 Å². The molecule has 112 valence electrons. The Hall–Kier alpha value is -2.08. The van der Waals surface area contributed by atoms with Gasteiger partial charge in [-0.05, 0) is 24.6 Å². The predicted molar refractivity (Wildman–Crippen MR) is 79.4 cm³/mol. The molecule has 2 saturated heterocycles. The fourth-order valence-electron chi connectivity index (χ4n) is 2.64. The van der Waals surface area contributed by atoms with Crippen LogP contribution in [0.4, 0.5) is 16.2 Å². The maximum absolute atomic E-state index is 12.1. The largest absolute Gasteiger partial charge is 0.378 e. The minimum Gasteiger partial charge on any atom is -0.378 e. The molecule has 0 aromatic heterocycles. The predicted octanol–water partition coefficient (Wildman–Crippen LogP) is 1.68. The van der Waals surface area contributed by atoms with Crippen LogP contribution in [0.3, 0.4) is 0 Å². The second-order valence-corrected chi connectivity index (χ2v) is 5.23. The van der Waals surface area contributed by atoms with E-state index in [1.807, 2.05) is 24.3 Å². The van der Waals surface area contributed by atoms with Crippen molar-refractivity contribution in [3.63, 3.8) is 0 Å². The number of hydrogen-bond donors (Lipinski definition) is 1. The molecule has 2 fully saturated rings. The summed E-state index contributed by atoms with van der Waals surface area (Å²) in [5, 5.41) is 2.88. The molecule has 0 spiro atoms. The molecule has 0 saturated carbocycles. The number of benzene rings is 1. The van der Waals surface area contributed by atoms with Gasteiger partial charge in [-0.25, -0.2) is 4.79 Å². The van der Waals surface area contributed by atoms with Gasteiger partial charge in [0.2, 0.25) is 5.91 Å². The van der Waals surface area contributed by atoms with Gasteiger partial charge >= 0.3 is 6.03 Å². The zero-order valence-corrected chi connectivity index (χ0v) is 11.9. The molecule has 3 rings (SSSR count). The smallest absolute Gasteiger partial charge is 0.322 e. The zero-order valence-electron chi connectivity index (χ0n) is 11.9. The van der Waals surface area contributed by atoms with Gasteiger partial charge in [0.25, 0.3) is 0 Å². The van der Waals surface area contributed by atoms with Crippen molar-refractivity contribution in [2.45, 2.75) is 12.8 Å². The molecule has 21 heavy (non-hydrogen) atoms. The molecule has 1 N–H and O–H groups in total. The van der Waals surface area contributed by atoms with Gasteiger partial charge in [-0.1, -0.05) is 6.07 Å². The quantitative estimate of drug-likeness (QED) is 0.901. The Morgan fingerprint density at radius 2 is 2.00 bits per heavy atom. The first-order chi connectivity index (χ1) is 10.2. The van der Waals surface area contributed by atoms with Gasteiger partial charge in [0.1, 0.15) is 0 Å². The van der Waals surface area contributed by atoms with Crippen LogP contribution in [0.25, 0.3) is 0 Å². The Balaban J connectivity index is 1.68. The molecule has 0 radical (unpaired) electrons. The lowest BCUT2D eigenvalue weighted by Crippen LogP contribution is -2.43. The summed E-state index contributed by atoms with van der Waals surface area (Å²) in [6.45, 7) is 3.12. The third kappa shape index (κ3) is 3.16. The van der Waals surface area contributed by atoms with Gasteiger partial charge in [0.15, 0.2) is 0 Å². The number of carbonyl (C=O) groups is 2. The summed E-state index contributed by atoms with van der Waals surface area (Å²) in [5.41, 5.74) is 1.56. The van der Waals surface area contributed by atoms with Crippen LogP contribution in [0.1, 0.15) is 12.8 Å². The lowest BCUT2D eigenvalue weighted by atomic mass is 10.2. The summed E-state index contributed by atoms with van der Waals surface area (Å²) in [7, 11) is 0. The second-order valence-electron chi connectivity index (χ2n) is 5.23. The molecule has 0 aliphatic carbocycles. The fourth-order valence-corrected chi connectivity index (χ4v) is 2.64. The molecule has 1 aromatic rings. The molecular weight excluding hydrogens is 270 g/mol. The van der Waals surface area contributed by atoms with Gasteiger partial charge in [-0.15, -0.1) is 0 Å². The number of carbonyl (C=O) groups excluding carboxylic acids is 2. The number of urea groups is 1. The Morgan fingerprint density at radius 1 is 1.19 bits per heavy atom. The number of anilines is 2. The average Bonchev–Trinajstić information content (AvgIpc) is 2.94. The van der Waals surface area contributed by atoms with Crippen molar-refractivity contribution in [1.29, 1.82) is 0 Å². The third-order valence-corrected chi connectivity index (χ3v) is 3.78. The van der Waals surface area contributed by atoms with E-state index in [-0.39, 0.29) is 11.9 Å². The summed E-state index contributed by atoms with van der Waals surface area (Å²) in [5.74, 6) is 0.145. The Bertz CT molecular complexity index is 541. The monoisotopic (exact) mass is 289 g/mol. The van der Waals surface area contributed by atoms with E-state index in [0.29, 0.717) is 38.4 Å². The summed E-state index contributed by atoms with van der Waals surface area (Å²) < 4.78 is 5.23. The van der Waals surface area contributed by atoms with Crippen molar-refractivity contribution in [3.8, 4) is 0 Å². The summed E-state index contributed by atoms with van der Waals surface area (Å²) in [6, 6.07) is 7.32. The SMILES string of the molecule is O=C(Nc1cccc(N2CCCC2=O)c1)N1CCOCC1. The maximum atomic E-state index is 12.1. The first kappa shape index (κ1) is 13.9. The molecule has 2 aliphatic rings. The number of ether oxygens (including phenoxy) is 1. The number of amides is 3. The number of nitrogens with one attached hydrogen (secondary N) is 1. The van der Waals surface area contributed by atoms with Crippen molar-refractivity contribution in [2.24, 2.45) is 0 Å². The molecule has 2 aliphatic heterocycles. The molecule has 6 heteroatoms. The van der Waals surface area contributed by atoms with E-state index in [4.69, 9.17) is 4.74 Å². The van der Waals surface area contributed by atoms with Crippen LogP contribution >= 0.6 is 0 Å². The van der Waals surface area contributed by atoms with Crippen molar-refractivity contribution < 1.29 is 14.3 Å². The molecular formula is C15H19N3O3. The summed E-state index contributed by atoms with van der Waals surface area (Å²) in [4.78, 5) is 27.4. The lowest BCUT2D eigenvalue weighted by molar-refractivity contribution is -0.117. The number of hydrogen-bond acceptors (Lipinski definition) is 3. The third-order valence-electron chi connectivity index (χ3n) is 3.78. The van der Waals surface area contributed by atoms with Crippen molar-refractivity contribution >= 4 is 23.3 Å². The van der Waals surface area contributed by atoms with Crippen LogP contribution in [0.15, 0.2) is 24.3 Å². The zero-order chi connectivity index (χ0) is 14.7. The van der Waals surface area contributed by atoms with E-state index in [1.54, 1.807) is 9.80 Å². The first-order valence-electron chi connectivity index (χ1n) is 7.28. The normalized spacial score (nSPS) is 19.0. The van der Waals surface area contributed by atoms with Crippen LogP contribution in [-0.2, 0) is 9.53 Å². The van der Waals surface area contributed by atoms with Gasteiger partial charge in [-0.2, -0.15) is 0 Å². The Kier molecular flexibility index (Phi) is 4.06. The highest BCUT2D eigenvalue weighted by Gasteiger charge is 2.22. The number of morpholine rings is 1. The number of rotatable bonds is 2. The highest BCUT2D eigenvalue weighted by Crippen LogP contribution is 2.24. The first-order valence-corrected chi connectivity index (χ1v) is 7.28. The Labute approximate surface area is 123 Å². The molecule has 0 atom stereocenters. The average molecular weight is 289 g/mol. The van der Waals surface area contributed by atoms with Crippen LogP contribution in [0, 0.1) is 0 Å². The standard InChI is InChI=1S/C15H19N3O3/c19-14-5-2-6-18(14)13-4-1-3-12(11-13)16-15(20)17-7-9-21-10-8-17/h1,3-4,11H,2,5-10H2,(H,16,20). The molecule has 6 nitrogen and oxygen atoms in total. The molecule has 2 heterocycles. The van der Waals surface area contributed by atoms with Crippen molar-refractivity contribution in [2.75, 3.05) is 43.1 Å². The maximum Gasteiger partial charge on any atom is 0.322 e. The Morgan fingerprint density at radius 3 is 2.71 bits per heavy atom.